The van der Waals surface area contributed by atoms with E-state index in [4.69, 9.17) is 0 Å². The van der Waals surface area contributed by atoms with Crippen LogP contribution in [0.5, 0.6) is 0 Å². The molecule has 0 spiro atoms. The van der Waals surface area contributed by atoms with Gasteiger partial charge in [0.05, 0.1) is 0 Å². The van der Waals surface area contributed by atoms with E-state index in [0.717, 1.165) is 26.4 Å². The molecule has 3 rings (SSSR count). The lowest BCUT2D eigenvalue weighted by Gasteiger charge is -2.04. The van der Waals surface area contributed by atoms with E-state index in [1.165, 1.54) is 0 Å². The second-order valence-electron chi connectivity index (χ2n) is 4.74. The van der Waals surface area contributed by atoms with Crippen molar-refractivity contribution in [3.63, 3.8) is 0 Å². The number of benzene rings is 2. The van der Waals surface area contributed by atoms with Gasteiger partial charge in [0.25, 0.3) is 0 Å². The number of thiophene rings is 1. The van der Waals surface area contributed by atoms with Crippen LogP contribution < -0.4 is 4.72 Å². The summed E-state index contributed by atoms with van der Waals surface area (Å²) >= 11 is -0.632. The molecule has 1 N–H and O–H groups in total. The van der Waals surface area contributed by atoms with Crippen LogP contribution in [-0.4, -0.2) is 8.76 Å². The average molecular weight is 328 g/mol. The fourth-order valence-electron chi connectivity index (χ4n) is 2.30. The third-order valence-corrected chi connectivity index (χ3v) is 4.83. The Morgan fingerprint density at radius 1 is 0.955 bits per heavy atom. The quantitative estimate of drug-likeness (QED) is 0.721. The Morgan fingerprint density at radius 3 is 2.14 bits per heavy atom. The van der Waals surface area contributed by atoms with Crippen LogP contribution in [0.2, 0.25) is 0 Å². The van der Waals surface area contributed by atoms with Crippen molar-refractivity contribution in [2.75, 3.05) is 0 Å². The standard InChI is InChI=1S/C17H15NO2S2/c19-22(20)18-12-15-11-16(13-7-3-1-4-8-13)17(21-15)14-9-5-2-6-10-14/h1-11,18H,12H2,(H,19,20)/p-1. The second-order valence-corrected chi connectivity index (χ2v) is 6.64. The van der Waals surface area contributed by atoms with Crippen LogP contribution in [0, 0.1) is 0 Å². The third-order valence-electron chi connectivity index (χ3n) is 3.27. The SMILES string of the molecule is O=S([O-])NCc1cc(-c2ccccc2)c(-c2ccccc2)s1. The highest BCUT2D eigenvalue weighted by Crippen LogP contribution is 2.39. The Bertz CT molecular complexity index is 713. The minimum Gasteiger partial charge on any atom is -0.760 e. The number of rotatable bonds is 5. The van der Waals surface area contributed by atoms with Crippen LogP contribution in [0.1, 0.15) is 4.88 Å². The summed E-state index contributed by atoms with van der Waals surface area (Å²) < 4.78 is 23.8. The van der Waals surface area contributed by atoms with Gasteiger partial charge < -0.3 is 4.55 Å². The maximum Gasteiger partial charge on any atom is 0.0424 e. The summed E-state index contributed by atoms with van der Waals surface area (Å²) in [5.41, 5.74) is 3.40. The largest absolute Gasteiger partial charge is 0.760 e. The molecule has 0 aliphatic heterocycles. The molecule has 1 unspecified atom stereocenters. The summed E-state index contributed by atoms with van der Waals surface area (Å²) in [5.74, 6) is 0. The van der Waals surface area contributed by atoms with E-state index in [0.29, 0.717) is 6.54 Å². The molecule has 1 atom stereocenters. The maximum absolute atomic E-state index is 10.7. The smallest absolute Gasteiger partial charge is 0.0424 e. The molecule has 0 bridgehead atoms. The van der Waals surface area contributed by atoms with E-state index in [1.807, 2.05) is 36.4 Å². The van der Waals surface area contributed by atoms with E-state index in [9.17, 15) is 8.76 Å². The van der Waals surface area contributed by atoms with Crippen molar-refractivity contribution in [3.8, 4) is 21.6 Å². The van der Waals surface area contributed by atoms with Gasteiger partial charge in [-0.2, -0.15) is 0 Å². The highest BCUT2D eigenvalue weighted by molar-refractivity contribution is 7.77. The molecular formula is C17H14NO2S2-. The van der Waals surface area contributed by atoms with Crippen LogP contribution in [0.15, 0.2) is 66.7 Å². The van der Waals surface area contributed by atoms with Crippen LogP contribution in [0.4, 0.5) is 0 Å². The molecule has 0 fully saturated rings. The van der Waals surface area contributed by atoms with Gasteiger partial charge in [-0.3, -0.25) is 4.21 Å². The third kappa shape index (κ3) is 3.51. The van der Waals surface area contributed by atoms with Gasteiger partial charge in [0.2, 0.25) is 0 Å². The molecule has 3 aromatic rings. The molecule has 0 aliphatic carbocycles. The molecule has 22 heavy (non-hydrogen) atoms. The zero-order valence-electron chi connectivity index (χ0n) is 11.7. The van der Waals surface area contributed by atoms with Gasteiger partial charge in [0, 0.05) is 33.1 Å². The predicted octanol–water partition coefficient (Wildman–Crippen LogP) is 3.97. The lowest BCUT2D eigenvalue weighted by molar-refractivity contribution is 0.523. The Balaban J connectivity index is 2.04. The minimum absolute atomic E-state index is 0.313. The van der Waals surface area contributed by atoms with Crippen LogP contribution in [0.3, 0.4) is 0 Å². The van der Waals surface area contributed by atoms with Crippen molar-refractivity contribution in [2.24, 2.45) is 0 Å². The van der Waals surface area contributed by atoms with Gasteiger partial charge in [-0.05, 0) is 17.2 Å². The van der Waals surface area contributed by atoms with Gasteiger partial charge in [-0.25, -0.2) is 4.72 Å². The van der Waals surface area contributed by atoms with E-state index in [-0.39, 0.29) is 0 Å². The number of hydrogen-bond donors (Lipinski definition) is 1. The average Bonchev–Trinajstić information content (AvgIpc) is 2.99. The monoisotopic (exact) mass is 328 g/mol. The summed E-state index contributed by atoms with van der Waals surface area (Å²) in [6.45, 7) is 0.313. The summed E-state index contributed by atoms with van der Waals surface area (Å²) in [6.07, 6.45) is 0. The van der Waals surface area contributed by atoms with Crippen molar-refractivity contribution < 1.29 is 8.76 Å². The minimum atomic E-state index is -2.25. The Labute approximate surface area is 136 Å². The van der Waals surface area contributed by atoms with Crippen LogP contribution in [0.25, 0.3) is 21.6 Å². The molecule has 0 radical (unpaired) electrons. The van der Waals surface area contributed by atoms with Crippen molar-refractivity contribution in [1.82, 2.24) is 4.72 Å². The Hall–Kier alpha value is -1.79. The Morgan fingerprint density at radius 2 is 1.55 bits per heavy atom. The van der Waals surface area contributed by atoms with E-state index < -0.39 is 11.3 Å². The molecular weight excluding hydrogens is 314 g/mol. The topological polar surface area (TPSA) is 52.2 Å². The molecule has 1 heterocycles. The molecule has 0 saturated heterocycles. The normalized spacial score (nSPS) is 12.2. The first-order chi connectivity index (χ1) is 10.7. The first-order valence-corrected chi connectivity index (χ1v) is 8.69. The second kappa shape index (κ2) is 6.98. The highest BCUT2D eigenvalue weighted by atomic mass is 32.2. The molecule has 2 aromatic carbocycles. The lowest BCUT2D eigenvalue weighted by Crippen LogP contribution is -2.14. The Kier molecular flexibility index (Phi) is 4.80. The van der Waals surface area contributed by atoms with Gasteiger partial charge in [0.1, 0.15) is 0 Å². The van der Waals surface area contributed by atoms with Gasteiger partial charge >= 0.3 is 0 Å². The van der Waals surface area contributed by atoms with Crippen molar-refractivity contribution in [3.05, 3.63) is 71.6 Å². The fourth-order valence-corrected chi connectivity index (χ4v) is 3.78. The number of hydrogen-bond acceptors (Lipinski definition) is 3. The van der Waals surface area contributed by atoms with E-state index in [1.54, 1.807) is 11.3 Å². The fraction of sp³-hybridized carbons (Fsp3) is 0.0588. The first kappa shape index (κ1) is 15.1. The zero-order chi connectivity index (χ0) is 15.4. The molecule has 0 amide bonds. The molecule has 0 saturated carbocycles. The number of nitrogens with one attached hydrogen (secondary N) is 1. The molecule has 1 aromatic heterocycles. The van der Waals surface area contributed by atoms with Crippen LogP contribution >= 0.6 is 11.3 Å². The van der Waals surface area contributed by atoms with Gasteiger partial charge in [-0.15, -0.1) is 11.3 Å². The van der Waals surface area contributed by atoms with Gasteiger partial charge in [-0.1, -0.05) is 60.7 Å². The maximum atomic E-state index is 10.7. The zero-order valence-corrected chi connectivity index (χ0v) is 13.3. The summed E-state index contributed by atoms with van der Waals surface area (Å²) in [6, 6.07) is 22.3. The van der Waals surface area contributed by atoms with Crippen molar-refractivity contribution in [1.29, 1.82) is 0 Å². The molecule has 0 aliphatic rings. The highest BCUT2D eigenvalue weighted by Gasteiger charge is 2.12. The van der Waals surface area contributed by atoms with Gasteiger partial charge in [0.15, 0.2) is 0 Å². The van der Waals surface area contributed by atoms with E-state index >= 15 is 0 Å². The summed E-state index contributed by atoms with van der Waals surface area (Å²) in [7, 11) is 0. The predicted molar refractivity (Wildman–Crippen MR) is 91.0 cm³/mol. The summed E-state index contributed by atoms with van der Waals surface area (Å²) in [5, 5.41) is 0. The molecule has 112 valence electrons. The summed E-state index contributed by atoms with van der Waals surface area (Å²) in [4.78, 5) is 2.14. The first-order valence-electron chi connectivity index (χ1n) is 6.80. The molecule has 3 nitrogen and oxygen atoms in total. The molecule has 5 heteroatoms. The van der Waals surface area contributed by atoms with Crippen LogP contribution in [-0.2, 0) is 17.8 Å². The van der Waals surface area contributed by atoms with E-state index in [2.05, 4.69) is 35.1 Å². The van der Waals surface area contributed by atoms with Crippen molar-refractivity contribution in [2.45, 2.75) is 6.54 Å². The lowest BCUT2D eigenvalue weighted by atomic mass is 10.0. The van der Waals surface area contributed by atoms with Crippen molar-refractivity contribution >= 4 is 22.6 Å².